The van der Waals surface area contributed by atoms with Gasteiger partial charge in [0.1, 0.15) is 5.82 Å². The molecule has 0 aliphatic carbocycles. The van der Waals surface area contributed by atoms with Gasteiger partial charge in [0.25, 0.3) is 0 Å². The summed E-state index contributed by atoms with van der Waals surface area (Å²) >= 11 is 0. The molecule has 2 N–H and O–H groups in total. The molecule has 1 aliphatic rings. The topological polar surface area (TPSA) is 60.5 Å². The first-order chi connectivity index (χ1) is 12.5. The fraction of sp³-hybridized carbons (Fsp3) is 0.400. The number of aryl methyl sites for hydroxylation is 2. The number of carbonyl (C=O) groups excluding carboxylic acids is 1. The van der Waals surface area contributed by atoms with E-state index in [0.717, 1.165) is 48.8 Å². The SMILES string of the molecule is Cc1ccc(NC(=O)NCc2ccc(N3CCN(C)CC3)nc2)c(C)c1. The van der Waals surface area contributed by atoms with Crippen molar-refractivity contribution in [3.63, 3.8) is 0 Å². The highest BCUT2D eigenvalue weighted by Gasteiger charge is 2.15. The lowest BCUT2D eigenvalue weighted by molar-refractivity contribution is 0.251. The van der Waals surface area contributed by atoms with Crippen LogP contribution in [0.3, 0.4) is 0 Å². The van der Waals surface area contributed by atoms with Gasteiger partial charge in [-0.25, -0.2) is 9.78 Å². The normalized spacial score (nSPS) is 15.0. The van der Waals surface area contributed by atoms with Crippen LogP contribution in [0, 0.1) is 13.8 Å². The maximum absolute atomic E-state index is 12.1. The van der Waals surface area contributed by atoms with Gasteiger partial charge in [-0.3, -0.25) is 0 Å². The van der Waals surface area contributed by atoms with Crippen LogP contribution in [0.4, 0.5) is 16.3 Å². The number of hydrogen-bond donors (Lipinski definition) is 2. The van der Waals surface area contributed by atoms with Gasteiger partial charge in [-0.2, -0.15) is 0 Å². The number of anilines is 2. The van der Waals surface area contributed by atoms with Crippen molar-refractivity contribution in [3.05, 3.63) is 53.2 Å². The second-order valence-electron chi connectivity index (χ2n) is 6.94. The number of rotatable bonds is 4. The number of benzene rings is 1. The lowest BCUT2D eigenvalue weighted by atomic mass is 10.1. The molecule has 6 nitrogen and oxygen atoms in total. The minimum atomic E-state index is -0.208. The van der Waals surface area contributed by atoms with Crippen LogP contribution in [0.1, 0.15) is 16.7 Å². The number of likely N-dealkylation sites (N-methyl/N-ethyl adjacent to an activating group) is 1. The van der Waals surface area contributed by atoms with Crippen LogP contribution in [0.25, 0.3) is 0 Å². The van der Waals surface area contributed by atoms with Gasteiger partial charge >= 0.3 is 6.03 Å². The Hall–Kier alpha value is -2.60. The summed E-state index contributed by atoms with van der Waals surface area (Å²) in [6.45, 7) is 8.60. The molecule has 1 aromatic carbocycles. The van der Waals surface area contributed by atoms with Gasteiger partial charge in [-0.15, -0.1) is 0 Å². The van der Waals surface area contributed by atoms with Crippen LogP contribution < -0.4 is 15.5 Å². The summed E-state index contributed by atoms with van der Waals surface area (Å²) in [7, 11) is 2.14. The molecule has 1 saturated heterocycles. The van der Waals surface area contributed by atoms with Crippen molar-refractivity contribution in [2.45, 2.75) is 20.4 Å². The lowest BCUT2D eigenvalue weighted by Gasteiger charge is -2.33. The third kappa shape index (κ3) is 4.73. The summed E-state index contributed by atoms with van der Waals surface area (Å²) in [5.41, 5.74) is 4.05. The Kier molecular flexibility index (Phi) is 5.73. The summed E-state index contributed by atoms with van der Waals surface area (Å²) in [6, 6.07) is 9.82. The van der Waals surface area contributed by atoms with Crippen LogP contribution >= 0.6 is 0 Å². The predicted octanol–water partition coefficient (Wildman–Crippen LogP) is 2.77. The van der Waals surface area contributed by atoms with Crippen molar-refractivity contribution in [1.82, 2.24) is 15.2 Å². The van der Waals surface area contributed by atoms with Crippen molar-refractivity contribution in [2.75, 3.05) is 43.4 Å². The Morgan fingerprint density at radius 1 is 1.12 bits per heavy atom. The summed E-state index contributed by atoms with van der Waals surface area (Å²) in [4.78, 5) is 21.3. The smallest absolute Gasteiger partial charge is 0.319 e. The highest BCUT2D eigenvalue weighted by molar-refractivity contribution is 5.90. The second kappa shape index (κ2) is 8.19. The van der Waals surface area contributed by atoms with Crippen molar-refractivity contribution < 1.29 is 4.79 Å². The zero-order valence-corrected chi connectivity index (χ0v) is 15.7. The third-order valence-electron chi connectivity index (χ3n) is 4.72. The molecule has 3 rings (SSSR count). The molecule has 0 unspecified atom stereocenters. The van der Waals surface area contributed by atoms with Gasteiger partial charge in [-0.05, 0) is 44.2 Å². The molecule has 2 amide bonds. The fourth-order valence-corrected chi connectivity index (χ4v) is 3.05. The van der Waals surface area contributed by atoms with Crippen molar-refractivity contribution in [3.8, 4) is 0 Å². The molecular formula is C20H27N5O. The summed E-state index contributed by atoms with van der Waals surface area (Å²) in [6.07, 6.45) is 1.84. The molecule has 1 aliphatic heterocycles. The highest BCUT2D eigenvalue weighted by Crippen LogP contribution is 2.16. The van der Waals surface area contributed by atoms with Gasteiger partial charge in [0.05, 0.1) is 0 Å². The van der Waals surface area contributed by atoms with Crippen LogP contribution in [0.2, 0.25) is 0 Å². The molecule has 0 bridgehead atoms. The summed E-state index contributed by atoms with van der Waals surface area (Å²) in [5.74, 6) is 1.00. The molecule has 0 saturated carbocycles. The molecular weight excluding hydrogens is 326 g/mol. The van der Waals surface area contributed by atoms with E-state index in [1.54, 1.807) is 0 Å². The number of aromatic nitrogens is 1. The zero-order chi connectivity index (χ0) is 18.5. The van der Waals surface area contributed by atoms with E-state index >= 15 is 0 Å². The first kappa shape index (κ1) is 18.2. The number of nitrogens with one attached hydrogen (secondary N) is 2. The van der Waals surface area contributed by atoms with E-state index in [-0.39, 0.29) is 6.03 Å². The molecule has 1 aromatic heterocycles. The first-order valence-corrected chi connectivity index (χ1v) is 9.02. The maximum atomic E-state index is 12.1. The van der Waals surface area contributed by atoms with E-state index in [1.807, 2.05) is 44.3 Å². The van der Waals surface area contributed by atoms with Gasteiger partial charge in [0.2, 0.25) is 0 Å². The molecule has 2 heterocycles. The highest BCUT2D eigenvalue weighted by atomic mass is 16.2. The number of amides is 2. The van der Waals surface area contributed by atoms with Gasteiger partial charge in [-0.1, -0.05) is 23.8 Å². The number of nitrogens with zero attached hydrogens (tertiary/aromatic N) is 3. The first-order valence-electron chi connectivity index (χ1n) is 9.02. The van der Waals surface area contributed by atoms with Crippen LogP contribution in [-0.4, -0.2) is 49.1 Å². The molecule has 1 fully saturated rings. The molecule has 0 spiro atoms. The molecule has 26 heavy (non-hydrogen) atoms. The Morgan fingerprint density at radius 3 is 2.54 bits per heavy atom. The number of hydrogen-bond acceptors (Lipinski definition) is 4. The Labute approximate surface area is 155 Å². The van der Waals surface area contributed by atoms with Gasteiger partial charge in [0, 0.05) is 44.6 Å². The fourth-order valence-electron chi connectivity index (χ4n) is 3.05. The standard InChI is InChI=1S/C20H27N5O/c1-15-4-6-18(16(2)12-15)23-20(26)22-14-17-5-7-19(21-13-17)25-10-8-24(3)9-11-25/h4-7,12-13H,8-11,14H2,1-3H3,(H2,22,23,26). The quantitative estimate of drug-likeness (QED) is 0.887. The average molecular weight is 353 g/mol. The Morgan fingerprint density at radius 2 is 1.88 bits per heavy atom. The zero-order valence-electron chi connectivity index (χ0n) is 15.7. The van der Waals surface area contributed by atoms with Crippen molar-refractivity contribution in [1.29, 1.82) is 0 Å². The van der Waals surface area contributed by atoms with Gasteiger partial charge < -0.3 is 20.4 Å². The monoisotopic (exact) mass is 353 g/mol. The maximum Gasteiger partial charge on any atom is 0.319 e. The second-order valence-corrected chi connectivity index (χ2v) is 6.94. The van der Waals surface area contributed by atoms with Crippen LogP contribution in [-0.2, 0) is 6.54 Å². The van der Waals surface area contributed by atoms with Crippen LogP contribution in [0.5, 0.6) is 0 Å². The van der Waals surface area contributed by atoms with E-state index in [1.165, 1.54) is 5.56 Å². The predicted molar refractivity (Wildman–Crippen MR) is 106 cm³/mol. The minimum Gasteiger partial charge on any atom is -0.354 e. The lowest BCUT2D eigenvalue weighted by Crippen LogP contribution is -2.44. The number of piperazine rings is 1. The number of urea groups is 1. The molecule has 2 aromatic rings. The van der Waals surface area contributed by atoms with E-state index < -0.39 is 0 Å². The molecule has 0 atom stereocenters. The number of carbonyl (C=O) groups is 1. The molecule has 0 radical (unpaired) electrons. The number of pyridine rings is 1. The Balaban J connectivity index is 1.50. The Bertz CT molecular complexity index is 751. The van der Waals surface area contributed by atoms with E-state index in [0.29, 0.717) is 6.54 Å². The van der Waals surface area contributed by atoms with E-state index in [2.05, 4.69) is 38.5 Å². The summed E-state index contributed by atoms with van der Waals surface area (Å²) < 4.78 is 0. The summed E-state index contributed by atoms with van der Waals surface area (Å²) in [5, 5.41) is 5.78. The van der Waals surface area contributed by atoms with Crippen molar-refractivity contribution >= 4 is 17.5 Å². The average Bonchev–Trinajstić information content (AvgIpc) is 2.63. The largest absolute Gasteiger partial charge is 0.354 e. The van der Waals surface area contributed by atoms with Gasteiger partial charge in [0.15, 0.2) is 0 Å². The molecule has 138 valence electrons. The third-order valence-corrected chi connectivity index (χ3v) is 4.72. The van der Waals surface area contributed by atoms with Crippen molar-refractivity contribution in [2.24, 2.45) is 0 Å². The van der Waals surface area contributed by atoms with E-state index in [9.17, 15) is 4.79 Å². The minimum absolute atomic E-state index is 0.208. The van der Waals surface area contributed by atoms with E-state index in [4.69, 9.17) is 0 Å². The van der Waals surface area contributed by atoms with Crippen LogP contribution in [0.15, 0.2) is 36.5 Å². The molecule has 6 heteroatoms.